The second-order valence-electron chi connectivity index (χ2n) is 5.82. The summed E-state index contributed by atoms with van der Waals surface area (Å²) in [5, 5.41) is 7.13. The van der Waals surface area contributed by atoms with Crippen LogP contribution in [-0.2, 0) is 11.2 Å². The van der Waals surface area contributed by atoms with E-state index in [0.717, 1.165) is 49.6 Å². The number of carbonyl (C=O) groups is 1. The van der Waals surface area contributed by atoms with Crippen molar-refractivity contribution in [1.29, 1.82) is 0 Å². The van der Waals surface area contributed by atoms with Crippen molar-refractivity contribution in [1.82, 2.24) is 25.1 Å². The maximum atomic E-state index is 12.4. The number of piperidine rings is 1. The van der Waals surface area contributed by atoms with E-state index >= 15 is 0 Å². The minimum atomic E-state index is 0.209. The van der Waals surface area contributed by atoms with E-state index in [1.165, 1.54) is 0 Å². The summed E-state index contributed by atoms with van der Waals surface area (Å²) in [5.41, 5.74) is 1.11. The lowest BCUT2D eigenvalue weighted by Crippen LogP contribution is -2.39. The van der Waals surface area contributed by atoms with Gasteiger partial charge in [0.2, 0.25) is 5.91 Å². The molecule has 1 N–H and O–H groups in total. The average Bonchev–Trinajstić information content (AvgIpc) is 3.00. The van der Waals surface area contributed by atoms with Crippen molar-refractivity contribution in [2.45, 2.75) is 38.5 Å². The summed E-state index contributed by atoms with van der Waals surface area (Å²) in [5.74, 6) is 2.12. The Morgan fingerprint density at radius 3 is 3.14 bits per heavy atom. The summed E-state index contributed by atoms with van der Waals surface area (Å²) in [6.07, 6.45) is 6.90. The maximum absolute atomic E-state index is 12.4. The first kappa shape index (κ1) is 14.7. The number of hydrogen-bond donors (Lipinski definition) is 1. The number of H-pyrrole nitrogens is 1. The Kier molecular flexibility index (Phi) is 4.46. The molecule has 3 rings (SSSR count). The molecule has 0 unspecified atom stereocenters. The molecule has 116 valence electrons. The van der Waals surface area contributed by atoms with E-state index in [2.05, 4.69) is 20.2 Å². The van der Waals surface area contributed by atoms with Crippen LogP contribution in [0.25, 0.3) is 0 Å². The van der Waals surface area contributed by atoms with Crippen LogP contribution >= 0.6 is 0 Å². The Morgan fingerprint density at radius 1 is 1.50 bits per heavy atom. The van der Waals surface area contributed by atoms with Gasteiger partial charge in [0.25, 0.3) is 0 Å². The second-order valence-corrected chi connectivity index (χ2v) is 5.82. The predicted molar refractivity (Wildman–Crippen MR) is 82.2 cm³/mol. The maximum Gasteiger partial charge on any atom is 0.222 e. The molecule has 22 heavy (non-hydrogen) atoms. The highest BCUT2D eigenvalue weighted by molar-refractivity contribution is 5.76. The molecule has 6 heteroatoms. The zero-order valence-electron chi connectivity index (χ0n) is 12.8. The first-order chi connectivity index (χ1) is 10.7. The van der Waals surface area contributed by atoms with Gasteiger partial charge in [-0.3, -0.25) is 14.9 Å². The molecule has 2 aromatic heterocycles. The van der Waals surface area contributed by atoms with Gasteiger partial charge in [0.05, 0.1) is 0 Å². The van der Waals surface area contributed by atoms with Gasteiger partial charge in [-0.1, -0.05) is 6.07 Å². The summed E-state index contributed by atoms with van der Waals surface area (Å²) in [6, 6.07) is 3.91. The van der Waals surface area contributed by atoms with Crippen molar-refractivity contribution in [2.24, 2.45) is 0 Å². The number of aromatic amines is 1. The van der Waals surface area contributed by atoms with Crippen molar-refractivity contribution in [3.63, 3.8) is 0 Å². The summed E-state index contributed by atoms with van der Waals surface area (Å²) in [4.78, 5) is 22.9. The van der Waals surface area contributed by atoms with Gasteiger partial charge in [-0.25, -0.2) is 4.98 Å². The number of carbonyl (C=O) groups excluding carboxylic acids is 1. The van der Waals surface area contributed by atoms with E-state index in [0.29, 0.717) is 6.42 Å². The molecule has 1 fully saturated rings. The molecule has 0 radical (unpaired) electrons. The molecule has 3 heterocycles. The lowest BCUT2D eigenvalue weighted by molar-refractivity contribution is -0.132. The average molecular weight is 299 g/mol. The molecule has 2 aromatic rings. The fourth-order valence-corrected chi connectivity index (χ4v) is 2.91. The van der Waals surface area contributed by atoms with Gasteiger partial charge in [0.1, 0.15) is 5.82 Å². The first-order valence-electron chi connectivity index (χ1n) is 7.78. The third-order valence-corrected chi connectivity index (χ3v) is 4.10. The van der Waals surface area contributed by atoms with Crippen LogP contribution in [0.4, 0.5) is 0 Å². The molecule has 1 saturated heterocycles. The smallest absolute Gasteiger partial charge is 0.222 e. The fraction of sp³-hybridized carbons (Fsp3) is 0.500. The first-order valence-corrected chi connectivity index (χ1v) is 7.78. The van der Waals surface area contributed by atoms with Crippen LogP contribution in [0.2, 0.25) is 0 Å². The number of hydrogen-bond acceptors (Lipinski definition) is 4. The van der Waals surface area contributed by atoms with Gasteiger partial charge in [-0.2, -0.15) is 5.10 Å². The molecule has 6 nitrogen and oxygen atoms in total. The van der Waals surface area contributed by atoms with Crippen molar-refractivity contribution in [2.75, 3.05) is 13.1 Å². The topological polar surface area (TPSA) is 74.8 Å². The summed E-state index contributed by atoms with van der Waals surface area (Å²) in [6.45, 7) is 3.46. The Labute approximate surface area is 130 Å². The molecule has 0 bridgehead atoms. The molecular weight excluding hydrogens is 278 g/mol. The van der Waals surface area contributed by atoms with Crippen LogP contribution in [0, 0.1) is 6.92 Å². The number of aromatic nitrogens is 4. The van der Waals surface area contributed by atoms with Crippen LogP contribution in [0.3, 0.4) is 0 Å². The molecule has 0 aromatic carbocycles. The molecule has 0 spiro atoms. The number of likely N-dealkylation sites (tertiary alicyclic amines) is 1. The van der Waals surface area contributed by atoms with Crippen molar-refractivity contribution < 1.29 is 4.79 Å². The largest absolute Gasteiger partial charge is 0.342 e. The van der Waals surface area contributed by atoms with Gasteiger partial charge in [-0.15, -0.1) is 0 Å². The van der Waals surface area contributed by atoms with E-state index in [1.54, 1.807) is 6.20 Å². The molecule has 0 aliphatic carbocycles. The van der Waals surface area contributed by atoms with Crippen molar-refractivity contribution >= 4 is 5.91 Å². The normalized spacial score (nSPS) is 18.4. The van der Waals surface area contributed by atoms with Crippen LogP contribution in [0.15, 0.2) is 24.5 Å². The number of rotatable bonds is 4. The molecular formula is C16H21N5O. The van der Waals surface area contributed by atoms with E-state index < -0.39 is 0 Å². The number of amides is 1. The summed E-state index contributed by atoms with van der Waals surface area (Å²) < 4.78 is 0. The summed E-state index contributed by atoms with van der Waals surface area (Å²) >= 11 is 0. The Bertz CT molecular complexity index is 624. The lowest BCUT2D eigenvalue weighted by Gasteiger charge is -2.31. The number of aryl methyl sites for hydroxylation is 2. The van der Waals surface area contributed by atoms with E-state index in [9.17, 15) is 4.79 Å². The predicted octanol–water partition coefficient (Wildman–Crippen LogP) is 1.85. The minimum absolute atomic E-state index is 0.209. The van der Waals surface area contributed by atoms with Crippen LogP contribution < -0.4 is 0 Å². The highest BCUT2D eigenvalue weighted by Crippen LogP contribution is 2.24. The van der Waals surface area contributed by atoms with E-state index in [1.807, 2.05) is 30.2 Å². The molecule has 0 saturated carbocycles. The lowest BCUT2D eigenvalue weighted by atomic mass is 9.97. The zero-order chi connectivity index (χ0) is 15.4. The Balaban J connectivity index is 1.56. The number of nitrogens with zero attached hydrogens (tertiary/aromatic N) is 4. The molecule has 1 aliphatic rings. The Hall–Kier alpha value is -2.24. The Morgan fingerprint density at radius 2 is 2.41 bits per heavy atom. The monoisotopic (exact) mass is 299 g/mol. The molecule has 1 amide bonds. The van der Waals surface area contributed by atoms with Crippen molar-refractivity contribution in [3.8, 4) is 0 Å². The number of nitrogens with one attached hydrogen (secondary N) is 1. The third kappa shape index (κ3) is 3.50. The van der Waals surface area contributed by atoms with Crippen molar-refractivity contribution in [3.05, 3.63) is 41.7 Å². The summed E-state index contributed by atoms with van der Waals surface area (Å²) in [7, 11) is 0. The van der Waals surface area contributed by atoms with E-state index in [4.69, 9.17) is 0 Å². The second kappa shape index (κ2) is 6.68. The zero-order valence-corrected chi connectivity index (χ0v) is 12.8. The molecule has 1 atom stereocenters. The van der Waals surface area contributed by atoms with Gasteiger partial charge < -0.3 is 4.90 Å². The standard InChI is InChI=1S/C16H21N5O/c1-12-18-16(20-19-12)14-5-3-9-21(11-14)15(22)7-6-13-4-2-8-17-10-13/h2,4,8,10,14H,3,5-7,9,11H2,1H3,(H,18,19,20)/t14-/m0/s1. The van der Waals surface area contributed by atoms with Crippen LogP contribution in [-0.4, -0.2) is 44.1 Å². The minimum Gasteiger partial charge on any atom is -0.342 e. The van der Waals surface area contributed by atoms with Gasteiger partial charge in [0.15, 0.2) is 5.82 Å². The quantitative estimate of drug-likeness (QED) is 0.935. The van der Waals surface area contributed by atoms with Gasteiger partial charge >= 0.3 is 0 Å². The van der Waals surface area contributed by atoms with Gasteiger partial charge in [0, 0.05) is 37.8 Å². The fourth-order valence-electron chi connectivity index (χ4n) is 2.91. The SMILES string of the molecule is Cc1nc([C@H]2CCCN(C(=O)CCc3cccnc3)C2)n[nH]1. The number of pyridine rings is 1. The highest BCUT2D eigenvalue weighted by atomic mass is 16.2. The van der Waals surface area contributed by atoms with Crippen LogP contribution in [0.5, 0.6) is 0 Å². The van der Waals surface area contributed by atoms with Crippen LogP contribution in [0.1, 0.15) is 42.4 Å². The van der Waals surface area contributed by atoms with Gasteiger partial charge in [-0.05, 0) is 37.8 Å². The highest BCUT2D eigenvalue weighted by Gasteiger charge is 2.26. The molecule has 1 aliphatic heterocycles. The van der Waals surface area contributed by atoms with E-state index in [-0.39, 0.29) is 11.8 Å². The third-order valence-electron chi connectivity index (χ3n) is 4.10.